The molecule has 1 aliphatic rings. The summed E-state index contributed by atoms with van der Waals surface area (Å²) < 4.78 is 5.33. The van der Waals surface area contributed by atoms with Crippen LogP contribution in [0.1, 0.15) is 26.2 Å². The topological polar surface area (TPSA) is 15.7 Å². The summed E-state index contributed by atoms with van der Waals surface area (Å²) in [6.07, 6.45) is 4.10. The number of ether oxygens (including phenoxy) is 1. The highest BCUT2D eigenvalue weighted by Crippen LogP contribution is 2.07. The zero-order chi connectivity index (χ0) is 10.9. The first-order valence-electron chi connectivity index (χ1n) is 6.31. The van der Waals surface area contributed by atoms with Gasteiger partial charge in [-0.3, -0.25) is 0 Å². The van der Waals surface area contributed by atoms with Gasteiger partial charge in [0.15, 0.2) is 0 Å². The van der Waals surface area contributed by atoms with E-state index >= 15 is 0 Å². The summed E-state index contributed by atoms with van der Waals surface area (Å²) in [6, 6.07) is 0. The summed E-state index contributed by atoms with van der Waals surface area (Å²) >= 11 is 0. The second-order valence-corrected chi connectivity index (χ2v) is 4.40. The molecule has 0 saturated carbocycles. The molecule has 1 rings (SSSR count). The van der Waals surface area contributed by atoms with Crippen molar-refractivity contribution in [2.24, 2.45) is 0 Å². The molecule has 1 aliphatic heterocycles. The highest BCUT2D eigenvalue weighted by Gasteiger charge is 2.10. The molecule has 3 nitrogen and oxygen atoms in total. The molecular formula is C12H26N2O. The minimum atomic E-state index is 0.835. The monoisotopic (exact) mass is 214 g/mol. The summed E-state index contributed by atoms with van der Waals surface area (Å²) in [4.78, 5) is 4.95. The lowest BCUT2D eigenvalue weighted by molar-refractivity contribution is 0.121. The summed E-state index contributed by atoms with van der Waals surface area (Å²) in [5.41, 5.74) is 0. The molecule has 0 spiro atoms. The van der Waals surface area contributed by atoms with Crippen LogP contribution in [0, 0.1) is 0 Å². The van der Waals surface area contributed by atoms with Gasteiger partial charge in [0.05, 0.1) is 6.61 Å². The average molecular weight is 214 g/mol. The van der Waals surface area contributed by atoms with Crippen molar-refractivity contribution in [3.63, 3.8) is 0 Å². The maximum atomic E-state index is 5.33. The Bertz CT molecular complexity index is 147. The van der Waals surface area contributed by atoms with Crippen LogP contribution in [0.2, 0.25) is 0 Å². The molecule has 3 heteroatoms. The molecule has 1 saturated heterocycles. The van der Waals surface area contributed by atoms with Gasteiger partial charge in [-0.05, 0) is 59.4 Å². The van der Waals surface area contributed by atoms with Crippen LogP contribution in [0.25, 0.3) is 0 Å². The van der Waals surface area contributed by atoms with E-state index in [-0.39, 0.29) is 0 Å². The molecule has 90 valence electrons. The normalized spacial score (nSPS) is 17.8. The first-order valence-corrected chi connectivity index (χ1v) is 6.31. The first-order chi connectivity index (χ1) is 7.33. The highest BCUT2D eigenvalue weighted by molar-refractivity contribution is 4.66. The van der Waals surface area contributed by atoms with E-state index < -0.39 is 0 Å². The molecule has 0 radical (unpaired) electrons. The quantitative estimate of drug-likeness (QED) is 0.569. The van der Waals surface area contributed by atoms with Crippen LogP contribution in [-0.2, 0) is 4.74 Å². The Balaban J connectivity index is 1.89. The van der Waals surface area contributed by atoms with Gasteiger partial charge in [-0.2, -0.15) is 0 Å². The lowest BCUT2D eigenvalue weighted by atomic mass is 10.3. The standard InChI is InChI=1S/C12H26N2O/c1-3-15-12-11-13(2)7-6-10-14-8-4-5-9-14/h3-12H2,1-2H3. The van der Waals surface area contributed by atoms with E-state index in [1.807, 2.05) is 6.92 Å². The molecule has 0 aromatic heterocycles. The van der Waals surface area contributed by atoms with Gasteiger partial charge in [0.2, 0.25) is 0 Å². The predicted molar refractivity (Wildman–Crippen MR) is 64.3 cm³/mol. The second kappa shape index (κ2) is 8.08. The first kappa shape index (κ1) is 12.9. The van der Waals surface area contributed by atoms with Crippen molar-refractivity contribution in [1.29, 1.82) is 0 Å². The lowest BCUT2D eigenvalue weighted by Crippen LogP contribution is -2.28. The van der Waals surface area contributed by atoms with Gasteiger partial charge in [-0.15, -0.1) is 0 Å². The Morgan fingerprint density at radius 3 is 2.60 bits per heavy atom. The molecule has 0 aromatic rings. The fourth-order valence-corrected chi connectivity index (χ4v) is 2.05. The minimum absolute atomic E-state index is 0.835. The molecule has 15 heavy (non-hydrogen) atoms. The van der Waals surface area contributed by atoms with Crippen molar-refractivity contribution in [2.75, 3.05) is 53.0 Å². The third-order valence-corrected chi connectivity index (χ3v) is 3.03. The molecule has 0 aliphatic carbocycles. The predicted octanol–water partition coefficient (Wildman–Crippen LogP) is 1.44. The molecule has 0 aromatic carbocycles. The summed E-state index contributed by atoms with van der Waals surface area (Å²) in [5.74, 6) is 0. The average Bonchev–Trinajstić information content (AvgIpc) is 2.71. The molecule has 1 fully saturated rings. The van der Waals surface area contributed by atoms with Gasteiger partial charge in [-0.1, -0.05) is 0 Å². The molecule has 0 atom stereocenters. The molecule has 0 unspecified atom stereocenters. The SMILES string of the molecule is CCOCCN(C)CCCN1CCCC1. The fraction of sp³-hybridized carbons (Fsp3) is 1.00. The van der Waals surface area contributed by atoms with Crippen LogP contribution in [0.3, 0.4) is 0 Å². The summed E-state index contributed by atoms with van der Waals surface area (Å²) in [6.45, 7) is 9.94. The van der Waals surface area contributed by atoms with Crippen molar-refractivity contribution in [3.8, 4) is 0 Å². The smallest absolute Gasteiger partial charge is 0.0593 e. The van der Waals surface area contributed by atoms with Crippen LogP contribution >= 0.6 is 0 Å². The second-order valence-electron chi connectivity index (χ2n) is 4.40. The van der Waals surface area contributed by atoms with E-state index in [9.17, 15) is 0 Å². The van der Waals surface area contributed by atoms with Crippen LogP contribution in [0.15, 0.2) is 0 Å². The van der Waals surface area contributed by atoms with E-state index in [0.717, 1.165) is 19.8 Å². The van der Waals surface area contributed by atoms with E-state index in [2.05, 4.69) is 16.8 Å². The molecule has 0 amide bonds. The number of likely N-dealkylation sites (tertiary alicyclic amines) is 1. The van der Waals surface area contributed by atoms with Gasteiger partial charge in [0.1, 0.15) is 0 Å². The Kier molecular flexibility index (Phi) is 6.98. The third-order valence-electron chi connectivity index (χ3n) is 3.03. The minimum Gasteiger partial charge on any atom is -0.380 e. The number of rotatable bonds is 8. The van der Waals surface area contributed by atoms with Crippen LogP contribution in [0.4, 0.5) is 0 Å². The zero-order valence-electron chi connectivity index (χ0n) is 10.4. The maximum absolute atomic E-state index is 5.33. The van der Waals surface area contributed by atoms with Gasteiger partial charge in [0, 0.05) is 13.2 Å². The highest BCUT2D eigenvalue weighted by atomic mass is 16.5. The van der Waals surface area contributed by atoms with Crippen molar-refractivity contribution < 1.29 is 4.74 Å². The van der Waals surface area contributed by atoms with Gasteiger partial charge >= 0.3 is 0 Å². The van der Waals surface area contributed by atoms with Crippen LogP contribution in [-0.4, -0.2) is 62.8 Å². The zero-order valence-corrected chi connectivity index (χ0v) is 10.4. The Labute approximate surface area is 94.4 Å². The Morgan fingerprint density at radius 1 is 1.20 bits per heavy atom. The van der Waals surface area contributed by atoms with E-state index in [0.29, 0.717) is 0 Å². The van der Waals surface area contributed by atoms with Crippen molar-refractivity contribution in [2.45, 2.75) is 26.2 Å². The van der Waals surface area contributed by atoms with Gasteiger partial charge < -0.3 is 14.5 Å². The molecule has 1 heterocycles. The number of likely N-dealkylation sites (N-methyl/N-ethyl adjacent to an activating group) is 1. The van der Waals surface area contributed by atoms with Crippen molar-refractivity contribution >= 4 is 0 Å². The summed E-state index contributed by atoms with van der Waals surface area (Å²) in [5, 5.41) is 0. The molecule has 0 bridgehead atoms. The van der Waals surface area contributed by atoms with Crippen LogP contribution in [0.5, 0.6) is 0 Å². The van der Waals surface area contributed by atoms with Gasteiger partial charge in [-0.25, -0.2) is 0 Å². The van der Waals surface area contributed by atoms with Gasteiger partial charge in [0.25, 0.3) is 0 Å². The number of hydrogen-bond acceptors (Lipinski definition) is 3. The maximum Gasteiger partial charge on any atom is 0.0593 e. The number of hydrogen-bond donors (Lipinski definition) is 0. The van der Waals surface area contributed by atoms with E-state index in [4.69, 9.17) is 4.74 Å². The van der Waals surface area contributed by atoms with Crippen molar-refractivity contribution in [3.05, 3.63) is 0 Å². The van der Waals surface area contributed by atoms with E-state index in [1.54, 1.807) is 0 Å². The Hall–Kier alpha value is -0.120. The van der Waals surface area contributed by atoms with Crippen molar-refractivity contribution in [1.82, 2.24) is 9.80 Å². The largest absolute Gasteiger partial charge is 0.380 e. The number of nitrogens with zero attached hydrogens (tertiary/aromatic N) is 2. The molecule has 0 N–H and O–H groups in total. The fourth-order valence-electron chi connectivity index (χ4n) is 2.05. The summed E-state index contributed by atoms with van der Waals surface area (Å²) in [7, 11) is 2.18. The van der Waals surface area contributed by atoms with Crippen LogP contribution < -0.4 is 0 Å². The third kappa shape index (κ3) is 6.13. The van der Waals surface area contributed by atoms with E-state index in [1.165, 1.54) is 45.4 Å². The Morgan fingerprint density at radius 2 is 1.93 bits per heavy atom. The lowest BCUT2D eigenvalue weighted by Gasteiger charge is -2.19. The molecular weight excluding hydrogens is 188 g/mol.